The number of hydrogen-bond acceptors (Lipinski definition) is 7. The largest absolute Gasteiger partial charge is 0.391 e. The predicted octanol–water partition coefficient (Wildman–Crippen LogP) is 3.92. The van der Waals surface area contributed by atoms with Gasteiger partial charge in [-0.15, -0.1) is 11.3 Å². The van der Waals surface area contributed by atoms with Gasteiger partial charge in [-0.05, 0) is 37.5 Å². The molecule has 0 bridgehead atoms. The van der Waals surface area contributed by atoms with Crippen molar-refractivity contribution in [3.8, 4) is 0 Å². The van der Waals surface area contributed by atoms with Crippen molar-refractivity contribution in [3.05, 3.63) is 16.6 Å². The molecule has 0 spiro atoms. The van der Waals surface area contributed by atoms with E-state index in [1.807, 2.05) is 5.38 Å². The van der Waals surface area contributed by atoms with E-state index in [0.29, 0.717) is 37.5 Å². The van der Waals surface area contributed by atoms with Crippen molar-refractivity contribution in [1.82, 2.24) is 20.1 Å². The van der Waals surface area contributed by atoms with E-state index in [-0.39, 0.29) is 43.3 Å². The van der Waals surface area contributed by atoms with Crippen molar-refractivity contribution < 1.29 is 24.6 Å². The van der Waals surface area contributed by atoms with Gasteiger partial charge in [0.2, 0.25) is 17.7 Å². The molecule has 3 aliphatic carbocycles. The van der Waals surface area contributed by atoms with Crippen LogP contribution >= 0.6 is 11.3 Å². The Morgan fingerprint density at radius 2 is 1.67 bits per heavy atom. The van der Waals surface area contributed by atoms with Crippen molar-refractivity contribution in [2.75, 3.05) is 27.2 Å². The minimum absolute atomic E-state index is 0.0847. The molecule has 3 aliphatic rings. The summed E-state index contributed by atoms with van der Waals surface area (Å²) < 4.78 is 0. The van der Waals surface area contributed by atoms with Crippen molar-refractivity contribution in [1.29, 1.82) is 0 Å². The summed E-state index contributed by atoms with van der Waals surface area (Å²) in [4.78, 5) is 47.8. The number of thiazole rings is 1. The minimum atomic E-state index is -1.02. The quantitative estimate of drug-likeness (QED) is 0.279. The van der Waals surface area contributed by atoms with Gasteiger partial charge in [0.05, 0.1) is 35.2 Å². The molecule has 3 N–H and O–H groups in total. The van der Waals surface area contributed by atoms with Crippen LogP contribution in [-0.4, -0.2) is 87.7 Å². The molecule has 3 fully saturated rings. The molecule has 1 aromatic rings. The maximum absolute atomic E-state index is 13.9. The van der Waals surface area contributed by atoms with Gasteiger partial charge in [-0.3, -0.25) is 14.4 Å². The third kappa shape index (κ3) is 10.3. The van der Waals surface area contributed by atoms with Crippen molar-refractivity contribution in [3.63, 3.8) is 0 Å². The van der Waals surface area contributed by atoms with Crippen LogP contribution < -0.4 is 5.32 Å². The molecule has 42 heavy (non-hydrogen) atoms. The third-order valence-electron chi connectivity index (χ3n) is 9.52. The molecular weight excluding hydrogens is 552 g/mol. The van der Waals surface area contributed by atoms with Crippen LogP contribution in [0.25, 0.3) is 0 Å². The summed E-state index contributed by atoms with van der Waals surface area (Å²) in [5.41, 5.74) is -1.02. The molecule has 9 nitrogen and oxygen atoms in total. The number of nitrogens with one attached hydrogen (secondary N) is 1. The van der Waals surface area contributed by atoms with Crippen LogP contribution in [0.1, 0.15) is 101 Å². The van der Waals surface area contributed by atoms with Gasteiger partial charge in [-0.25, -0.2) is 4.98 Å². The summed E-state index contributed by atoms with van der Waals surface area (Å²) in [7, 11) is 3.30. The number of carbonyl (C=O) groups is 3. The van der Waals surface area contributed by atoms with Gasteiger partial charge in [0.1, 0.15) is 0 Å². The number of carbonyl (C=O) groups excluding carboxylic acids is 3. The van der Waals surface area contributed by atoms with Gasteiger partial charge in [0, 0.05) is 45.1 Å². The molecule has 0 aliphatic heterocycles. The zero-order valence-corrected chi connectivity index (χ0v) is 26.5. The summed E-state index contributed by atoms with van der Waals surface area (Å²) in [6.07, 6.45) is 15.0. The number of aromatic nitrogens is 1. The number of aliphatic hydroxyl groups excluding tert-OH is 1. The fraction of sp³-hybridized carbons (Fsp3) is 0.812. The lowest BCUT2D eigenvalue weighted by molar-refractivity contribution is -0.145. The zero-order valence-electron chi connectivity index (χ0n) is 25.6. The molecule has 3 amide bonds. The van der Waals surface area contributed by atoms with Crippen LogP contribution in [0, 0.1) is 17.8 Å². The molecule has 3 saturated carbocycles. The van der Waals surface area contributed by atoms with E-state index in [1.165, 1.54) is 40.4 Å². The first-order valence-corrected chi connectivity index (χ1v) is 17.1. The number of likely N-dealkylation sites (N-methyl/N-ethyl adjacent to an activating group) is 1. The first kappa shape index (κ1) is 32.9. The Morgan fingerprint density at radius 1 is 1.00 bits per heavy atom. The Balaban J connectivity index is 1.49. The molecule has 1 aromatic heterocycles. The van der Waals surface area contributed by atoms with Gasteiger partial charge in [0.15, 0.2) is 0 Å². The molecule has 236 valence electrons. The van der Waals surface area contributed by atoms with Gasteiger partial charge in [0.25, 0.3) is 0 Å². The van der Waals surface area contributed by atoms with Gasteiger partial charge in [-0.2, -0.15) is 0 Å². The monoisotopic (exact) mass is 604 g/mol. The topological polar surface area (TPSA) is 123 Å². The Hall–Kier alpha value is -2.04. The second kappa shape index (κ2) is 15.6. The Morgan fingerprint density at radius 3 is 2.29 bits per heavy atom. The van der Waals surface area contributed by atoms with Gasteiger partial charge < -0.3 is 25.3 Å². The summed E-state index contributed by atoms with van der Waals surface area (Å²) in [5.74, 6) is -0.455. The fourth-order valence-electron chi connectivity index (χ4n) is 6.68. The van der Waals surface area contributed by atoms with Crippen molar-refractivity contribution in [2.45, 2.75) is 120 Å². The maximum Gasteiger partial charge on any atom is 0.241 e. The van der Waals surface area contributed by atoms with Gasteiger partial charge >= 0.3 is 0 Å². The molecule has 0 unspecified atom stereocenters. The van der Waals surface area contributed by atoms with E-state index in [1.54, 1.807) is 20.3 Å². The van der Waals surface area contributed by atoms with E-state index in [4.69, 9.17) is 0 Å². The maximum atomic E-state index is 13.9. The minimum Gasteiger partial charge on any atom is -0.391 e. The summed E-state index contributed by atoms with van der Waals surface area (Å²) in [6.45, 7) is -0.0500. The second-order valence-electron chi connectivity index (χ2n) is 13.5. The lowest BCUT2D eigenvalue weighted by Crippen LogP contribution is -2.51. The average molecular weight is 605 g/mol. The number of nitrogens with zero attached hydrogens (tertiary/aromatic N) is 3. The SMILES string of the molecule is CN(C)C(=O)CN(CC1(O)CCCCC1)C(=O)C[C@@H](Cc1nccs1)C(=O)N[C@@H](CC1CCCCC1)[C@@H](O)CC1CC1. The highest BCUT2D eigenvalue weighted by Crippen LogP contribution is 2.36. The Labute approximate surface area is 255 Å². The fourth-order valence-corrected chi connectivity index (χ4v) is 7.37. The lowest BCUT2D eigenvalue weighted by Gasteiger charge is -2.37. The van der Waals surface area contributed by atoms with Crippen LogP contribution in [0.5, 0.6) is 0 Å². The molecule has 0 saturated heterocycles. The van der Waals surface area contributed by atoms with Crippen molar-refractivity contribution in [2.24, 2.45) is 17.8 Å². The molecule has 3 atom stereocenters. The average Bonchev–Trinajstić information content (AvgIpc) is 3.63. The van der Waals surface area contributed by atoms with E-state index in [2.05, 4.69) is 10.3 Å². The van der Waals surface area contributed by atoms with E-state index in [9.17, 15) is 24.6 Å². The van der Waals surface area contributed by atoms with Gasteiger partial charge in [-0.1, -0.05) is 64.2 Å². The zero-order chi connectivity index (χ0) is 30.1. The van der Waals surface area contributed by atoms with E-state index >= 15 is 0 Å². The molecule has 0 radical (unpaired) electrons. The highest BCUT2D eigenvalue weighted by atomic mass is 32.1. The van der Waals surface area contributed by atoms with Crippen molar-refractivity contribution >= 4 is 29.1 Å². The first-order valence-electron chi connectivity index (χ1n) is 16.2. The summed E-state index contributed by atoms with van der Waals surface area (Å²) in [5, 5.41) is 28.3. The number of rotatable bonds is 15. The molecule has 1 heterocycles. The normalized spacial score (nSPS) is 21.2. The molecule has 10 heteroatoms. The van der Waals surface area contributed by atoms with Crippen LogP contribution in [0.4, 0.5) is 0 Å². The second-order valence-corrected chi connectivity index (χ2v) is 14.4. The number of amides is 3. The molecular formula is C32H52N4O5S. The number of aliphatic hydroxyl groups is 2. The predicted molar refractivity (Wildman–Crippen MR) is 164 cm³/mol. The summed E-state index contributed by atoms with van der Waals surface area (Å²) in [6, 6.07) is -0.343. The first-order chi connectivity index (χ1) is 20.1. The third-order valence-corrected chi connectivity index (χ3v) is 10.3. The highest BCUT2D eigenvalue weighted by molar-refractivity contribution is 7.09. The van der Waals surface area contributed by atoms with Crippen LogP contribution in [0.3, 0.4) is 0 Å². The van der Waals surface area contributed by atoms with E-state index < -0.39 is 17.6 Å². The summed E-state index contributed by atoms with van der Waals surface area (Å²) >= 11 is 1.45. The number of hydrogen-bond donors (Lipinski definition) is 3. The van der Waals surface area contributed by atoms with Crippen LogP contribution in [0.2, 0.25) is 0 Å². The Bertz CT molecular complexity index is 1000. The standard InChI is InChI=1S/C32H52N4O5S/c1-35(2)30(39)21-36(22-32(41)13-7-4-8-14-32)29(38)20-25(19-28-33-15-16-42-28)31(40)34-26(27(37)18-24-11-12-24)17-23-9-5-3-6-10-23/h15-16,23-27,37,41H,3-14,17-22H2,1-2H3,(H,34,40)/t25-,26+,27+/m1/s1. The lowest BCUT2D eigenvalue weighted by atomic mass is 9.83. The highest BCUT2D eigenvalue weighted by Gasteiger charge is 2.37. The Kier molecular flexibility index (Phi) is 12.2. The smallest absolute Gasteiger partial charge is 0.241 e. The van der Waals surface area contributed by atoms with E-state index in [0.717, 1.165) is 56.4 Å². The van der Waals surface area contributed by atoms with Crippen LogP contribution in [0.15, 0.2) is 11.6 Å². The molecule has 4 rings (SSSR count). The van der Waals surface area contributed by atoms with Crippen LogP contribution in [-0.2, 0) is 20.8 Å². The molecule has 0 aromatic carbocycles.